The molecule has 0 aromatic carbocycles. The van der Waals surface area contributed by atoms with Crippen molar-refractivity contribution in [1.82, 2.24) is 5.32 Å². The fourth-order valence-corrected chi connectivity index (χ4v) is 3.79. The SMILES string of the molecule is CC1(OC2CCS(=O)(=O)C2(C)C)CNC1. The summed E-state index contributed by atoms with van der Waals surface area (Å²) in [5, 5.41) is 3.15. The zero-order valence-electron chi connectivity index (χ0n) is 9.54. The Morgan fingerprint density at radius 3 is 2.20 bits per heavy atom. The molecule has 2 saturated heterocycles. The van der Waals surface area contributed by atoms with E-state index < -0.39 is 14.6 Å². The highest BCUT2D eigenvalue weighted by molar-refractivity contribution is 7.93. The van der Waals surface area contributed by atoms with Gasteiger partial charge in [0.05, 0.1) is 22.2 Å². The number of hydrogen-bond acceptors (Lipinski definition) is 4. The van der Waals surface area contributed by atoms with Crippen LogP contribution >= 0.6 is 0 Å². The van der Waals surface area contributed by atoms with Gasteiger partial charge < -0.3 is 10.1 Å². The lowest BCUT2D eigenvalue weighted by molar-refractivity contribution is -0.118. The first kappa shape index (κ1) is 11.4. The number of nitrogens with one attached hydrogen (secondary N) is 1. The molecule has 0 aromatic heterocycles. The minimum Gasteiger partial charge on any atom is -0.368 e. The average Bonchev–Trinajstić information content (AvgIpc) is 2.25. The lowest BCUT2D eigenvalue weighted by Gasteiger charge is -2.43. The number of hydrogen-bond donors (Lipinski definition) is 1. The maximum atomic E-state index is 11.8. The van der Waals surface area contributed by atoms with E-state index in [-0.39, 0.29) is 17.5 Å². The minimum atomic E-state index is -2.98. The summed E-state index contributed by atoms with van der Waals surface area (Å²) in [6.45, 7) is 7.22. The summed E-state index contributed by atoms with van der Waals surface area (Å²) in [6.07, 6.45) is 0.472. The van der Waals surface area contributed by atoms with E-state index in [1.54, 1.807) is 13.8 Å². The second-order valence-electron chi connectivity index (χ2n) is 5.37. The van der Waals surface area contributed by atoms with E-state index in [9.17, 15) is 8.42 Å². The Kier molecular flexibility index (Phi) is 2.41. The third kappa shape index (κ3) is 1.70. The van der Waals surface area contributed by atoms with E-state index in [1.807, 2.05) is 6.92 Å². The Hall–Kier alpha value is -0.130. The van der Waals surface area contributed by atoms with Gasteiger partial charge in [-0.25, -0.2) is 8.42 Å². The van der Waals surface area contributed by atoms with Crippen molar-refractivity contribution < 1.29 is 13.2 Å². The summed E-state index contributed by atoms with van der Waals surface area (Å²) in [5.41, 5.74) is -0.165. The zero-order chi connectivity index (χ0) is 11.3. The normalized spacial score (nSPS) is 36.1. The van der Waals surface area contributed by atoms with Gasteiger partial charge in [-0.2, -0.15) is 0 Å². The van der Waals surface area contributed by atoms with E-state index in [2.05, 4.69) is 5.32 Å². The van der Waals surface area contributed by atoms with Crippen LogP contribution in [0.1, 0.15) is 27.2 Å². The van der Waals surface area contributed by atoms with Crippen LogP contribution in [-0.4, -0.2) is 43.7 Å². The molecule has 0 saturated carbocycles. The Morgan fingerprint density at radius 1 is 1.27 bits per heavy atom. The van der Waals surface area contributed by atoms with Crippen LogP contribution in [0.4, 0.5) is 0 Å². The van der Waals surface area contributed by atoms with Gasteiger partial charge >= 0.3 is 0 Å². The quantitative estimate of drug-likeness (QED) is 0.747. The third-order valence-electron chi connectivity index (χ3n) is 3.65. The van der Waals surface area contributed by atoms with Gasteiger partial charge in [0.25, 0.3) is 0 Å². The summed E-state index contributed by atoms with van der Waals surface area (Å²) < 4.78 is 28.8. The largest absolute Gasteiger partial charge is 0.368 e. The molecule has 0 bridgehead atoms. The maximum Gasteiger partial charge on any atom is 0.158 e. The van der Waals surface area contributed by atoms with Gasteiger partial charge in [-0.1, -0.05) is 0 Å². The predicted molar refractivity (Wildman–Crippen MR) is 58.6 cm³/mol. The first-order valence-electron chi connectivity index (χ1n) is 5.38. The van der Waals surface area contributed by atoms with Crippen molar-refractivity contribution in [2.75, 3.05) is 18.8 Å². The monoisotopic (exact) mass is 233 g/mol. The number of sulfone groups is 1. The van der Waals surface area contributed by atoms with Gasteiger partial charge in [0, 0.05) is 13.1 Å². The number of ether oxygens (including phenoxy) is 1. The summed E-state index contributed by atoms with van der Waals surface area (Å²) >= 11 is 0. The fourth-order valence-electron chi connectivity index (χ4n) is 2.18. The van der Waals surface area contributed by atoms with Crippen molar-refractivity contribution in [2.24, 2.45) is 0 Å². The number of rotatable bonds is 2. The molecule has 2 rings (SSSR count). The molecule has 5 heteroatoms. The first-order chi connectivity index (χ1) is 6.77. The van der Waals surface area contributed by atoms with Crippen molar-refractivity contribution in [1.29, 1.82) is 0 Å². The highest BCUT2D eigenvalue weighted by Crippen LogP contribution is 2.36. The Morgan fingerprint density at radius 2 is 1.87 bits per heavy atom. The molecule has 88 valence electrons. The Labute approximate surface area is 91.3 Å². The minimum absolute atomic E-state index is 0.158. The van der Waals surface area contributed by atoms with E-state index in [0.29, 0.717) is 6.42 Å². The van der Waals surface area contributed by atoms with Gasteiger partial charge in [0.2, 0.25) is 0 Å². The lowest BCUT2D eigenvalue weighted by Crippen LogP contribution is -2.61. The second kappa shape index (κ2) is 3.18. The molecule has 0 amide bonds. The van der Waals surface area contributed by atoms with Crippen LogP contribution in [0.25, 0.3) is 0 Å². The smallest absolute Gasteiger partial charge is 0.158 e. The summed E-state index contributed by atoms with van der Waals surface area (Å²) in [4.78, 5) is 0. The van der Waals surface area contributed by atoms with Crippen molar-refractivity contribution in [3.8, 4) is 0 Å². The molecule has 2 heterocycles. The van der Waals surface area contributed by atoms with Gasteiger partial charge in [-0.3, -0.25) is 0 Å². The van der Waals surface area contributed by atoms with E-state index in [4.69, 9.17) is 4.74 Å². The van der Waals surface area contributed by atoms with Crippen LogP contribution in [0, 0.1) is 0 Å². The molecular formula is C10H19NO3S. The van der Waals surface area contributed by atoms with Crippen molar-refractivity contribution in [3.05, 3.63) is 0 Å². The van der Waals surface area contributed by atoms with E-state index >= 15 is 0 Å². The molecular weight excluding hydrogens is 214 g/mol. The highest BCUT2D eigenvalue weighted by atomic mass is 32.2. The Bertz CT molecular complexity index is 357. The van der Waals surface area contributed by atoms with Crippen LogP contribution in [0.15, 0.2) is 0 Å². The highest BCUT2D eigenvalue weighted by Gasteiger charge is 2.51. The van der Waals surface area contributed by atoms with Gasteiger partial charge in [0.1, 0.15) is 0 Å². The van der Waals surface area contributed by atoms with Crippen LogP contribution in [-0.2, 0) is 14.6 Å². The van der Waals surface area contributed by atoms with Crippen LogP contribution in [0.5, 0.6) is 0 Å². The lowest BCUT2D eigenvalue weighted by atomic mass is 9.97. The maximum absolute atomic E-state index is 11.8. The first-order valence-corrected chi connectivity index (χ1v) is 7.03. The second-order valence-corrected chi connectivity index (χ2v) is 8.06. The summed E-state index contributed by atoms with van der Waals surface area (Å²) in [6, 6.07) is 0. The molecule has 0 aliphatic carbocycles. The van der Waals surface area contributed by atoms with E-state index in [1.165, 1.54) is 0 Å². The summed E-state index contributed by atoms with van der Waals surface area (Å²) in [7, 11) is -2.98. The molecule has 1 N–H and O–H groups in total. The molecule has 2 fully saturated rings. The average molecular weight is 233 g/mol. The molecule has 0 aromatic rings. The van der Waals surface area contributed by atoms with Gasteiger partial charge in [-0.05, 0) is 27.2 Å². The topological polar surface area (TPSA) is 55.4 Å². The molecule has 0 spiro atoms. The van der Waals surface area contributed by atoms with Crippen molar-refractivity contribution >= 4 is 9.84 Å². The standard InChI is InChI=1S/C10H19NO3S/c1-9(2)8(4-5-15(9,12)13)14-10(3)6-11-7-10/h8,11H,4-7H2,1-3H3. The zero-order valence-corrected chi connectivity index (χ0v) is 10.4. The summed E-state index contributed by atoms with van der Waals surface area (Å²) in [5.74, 6) is 0.258. The molecule has 1 atom stereocenters. The fraction of sp³-hybridized carbons (Fsp3) is 1.00. The Balaban J connectivity index is 2.12. The van der Waals surface area contributed by atoms with Gasteiger partial charge in [0.15, 0.2) is 9.84 Å². The molecule has 2 aliphatic rings. The molecule has 0 radical (unpaired) electrons. The molecule has 1 unspecified atom stereocenters. The molecule has 2 aliphatic heterocycles. The van der Waals surface area contributed by atoms with Crippen LogP contribution in [0.3, 0.4) is 0 Å². The van der Waals surface area contributed by atoms with Crippen LogP contribution in [0.2, 0.25) is 0 Å². The van der Waals surface area contributed by atoms with Crippen LogP contribution < -0.4 is 5.32 Å². The van der Waals surface area contributed by atoms with E-state index in [0.717, 1.165) is 13.1 Å². The third-order valence-corrected chi connectivity index (χ3v) is 6.29. The van der Waals surface area contributed by atoms with Gasteiger partial charge in [-0.15, -0.1) is 0 Å². The van der Waals surface area contributed by atoms with Crippen molar-refractivity contribution in [2.45, 2.75) is 43.6 Å². The van der Waals surface area contributed by atoms with Crippen molar-refractivity contribution in [3.63, 3.8) is 0 Å². The molecule has 4 nitrogen and oxygen atoms in total. The predicted octanol–water partition coefficient (Wildman–Crippen LogP) is 0.331. The molecule has 15 heavy (non-hydrogen) atoms.